The number of aromatic carboxylic acids is 1. The Balaban J connectivity index is 1.84. The number of hydrogen-bond donors (Lipinski definition) is 2. The van der Waals surface area contributed by atoms with E-state index in [1.807, 2.05) is 0 Å². The lowest BCUT2D eigenvalue weighted by molar-refractivity contribution is -0.123. The first-order chi connectivity index (χ1) is 12.4. The summed E-state index contributed by atoms with van der Waals surface area (Å²) in [5.74, 6) is -1.47. The number of halogens is 1. The van der Waals surface area contributed by atoms with E-state index in [9.17, 15) is 14.0 Å². The second-order valence-corrected chi connectivity index (χ2v) is 5.65. The predicted molar refractivity (Wildman–Crippen MR) is 93.3 cm³/mol. The van der Waals surface area contributed by atoms with Gasteiger partial charge in [-0.2, -0.15) is 0 Å². The second-order valence-electron chi connectivity index (χ2n) is 5.65. The molecule has 0 atom stereocenters. The van der Waals surface area contributed by atoms with Gasteiger partial charge in [-0.05, 0) is 48.7 Å². The third kappa shape index (κ3) is 5.20. The van der Waals surface area contributed by atoms with Gasteiger partial charge in [0.2, 0.25) is 0 Å². The summed E-state index contributed by atoms with van der Waals surface area (Å²) < 4.78 is 23.9. The van der Waals surface area contributed by atoms with Crippen LogP contribution in [-0.2, 0) is 11.2 Å². The van der Waals surface area contributed by atoms with Gasteiger partial charge in [-0.25, -0.2) is 9.18 Å². The Morgan fingerprint density at radius 3 is 2.62 bits per heavy atom. The van der Waals surface area contributed by atoms with Crippen molar-refractivity contribution in [1.29, 1.82) is 0 Å². The molecule has 0 aliphatic carbocycles. The van der Waals surface area contributed by atoms with E-state index in [-0.39, 0.29) is 23.8 Å². The standard InChI is InChI=1S/C19H20FNO5/c1-12-3-6-15(20)17(9-12)26-11-18(22)21-8-7-13-4-5-14(19(23)24)10-16(13)25-2/h3-6,9-10H,7-8,11H2,1-2H3,(H,21,22)(H,23,24). The highest BCUT2D eigenvalue weighted by Gasteiger charge is 2.10. The molecule has 0 aliphatic rings. The van der Waals surface area contributed by atoms with Crippen LogP contribution in [0.1, 0.15) is 21.5 Å². The quantitative estimate of drug-likeness (QED) is 0.755. The minimum atomic E-state index is -1.04. The lowest BCUT2D eigenvalue weighted by Crippen LogP contribution is -2.30. The van der Waals surface area contributed by atoms with E-state index in [0.29, 0.717) is 18.7 Å². The van der Waals surface area contributed by atoms with Crippen molar-refractivity contribution in [2.45, 2.75) is 13.3 Å². The third-order valence-electron chi connectivity index (χ3n) is 3.70. The molecule has 0 spiro atoms. The van der Waals surface area contributed by atoms with Crippen LogP contribution in [0, 0.1) is 12.7 Å². The Bertz CT molecular complexity index is 807. The number of amides is 1. The highest BCUT2D eigenvalue weighted by molar-refractivity contribution is 5.88. The van der Waals surface area contributed by atoms with Gasteiger partial charge >= 0.3 is 5.97 Å². The van der Waals surface area contributed by atoms with Crippen LogP contribution in [0.5, 0.6) is 11.5 Å². The predicted octanol–water partition coefficient (Wildman–Crippen LogP) is 2.58. The van der Waals surface area contributed by atoms with Crippen LogP contribution in [0.2, 0.25) is 0 Å². The first-order valence-electron chi connectivity index (χ1n) is 7.96. The Labute approximate surface area is 150 Å². The average molecular weight is 361 g/mol. The first kappa shape index (κ1) is 19.2. The van der Waals surface area contributed by atoms with Crippen LogP contribution in [-0.4, -0.2) is 37.2 Å². The Morgan fingerprint density at radius 2 is 1.92 bits per heavy atom. The Morgan fingerprint density at radius 1 is 1.15 bits per heavy atom. The zero-order chi connectivity index (χ0) is 19.1. The molecule has 138 valence electrons. The number of carboxylic acid groups (broad SMARTS) is 1. The summed E-state index contributed by atoms with van der Waals surface area (Å²) in [6, 6.07) is 8.99. The number of ether oxygens (including phenoxy) is 2. The molecule has 0 saturated carbocycles. The van der Waals surface area contributed by atoms with Crippen LogP contribution in [0.3, 0.4) is 0 Å². The fourth-order valence-electron chi connectivity index (χ4n) is 2.34. The fraction of sp³-hybridized carbons (Fsp3) is 0.263. The summed E-state index contributed by atoms with van der Waals surface area (Å²) >= 11 is 0. The lowest BCUT2D eigenvalue weighted by atomic mass is 10.1. The maximum Gasteiger partial charge on any atom is 0.335 e. The van der Waals surface area contributed by atoms with Crippen molar-refractivity contribution in [2.75, 3.05) is 20.3 Å². The number of carbonyl (C=O) groups excluding carboxylic acids is 1. The molecule has 2 aromatic rings. The summed E-state index contributed by atoms with van der Waals surface area (Å²) in [5.41, 5.74) is 1.73. The SMILES string of the molecule is COc1cc(C(=O)O)ccc1CCNC(=O)COc1cc(C)ccc1F. The van der Waals surface area contributed by atoms with Gasteiger partial charge in [0.1, 0.15) is 5.75 Å². The van der Waals surface area contributed by atoms with Crippen molar-refractivity contribution in [3.8, 4) is 11.5 Å². The molecule has 0 saturated heterocycles. The van der Waals surface area contributed by atoms with Gasteiger partial charge < -0.3 is 19.9 Å². The van der Waals surface area contributed by atoms with Crippen molar-refractivity contribution in [1.82, 2.24) is 5.32 Å². The van der Waals surface area contributed by atoms with Crippen molar-refractivity contribution < 1.29 is 28.6 Å². The van der Waals surface area contributed by atoms with Gasteiger partial charge in [0, 0.05) is 6.54 Å². The van der Waals surface area contributed by atoms with Gasteiger partial charge in [-0.3, -0.25) is 4.79 Å². The Kier molecular flexibility index (Phi) is 6.54. The van der Waals surface area contributed by atoms with Crippen molar-refractivity contribution in [3.05, 3.63) is 58.9 Å². The molecule has 0 aromatic heterocycles. The van der Waals surface area contributed by atoms with E-state index in [0.717, 1.165) is 11.1 Å². The summed E-state index contributed by atoms with van der Waals surface area (Å²) in [7, 11) is 1.45. The molecule has 0 bridgehead atoms. The fourth-order valence-corrected chi connectivity index (χ4v) is 2.34. The number of benzene rings is 2. The first-order valence-corrected chi connectivity index (χ1v) is 7.96. The van der Waals surface area contributed by atoms with Crippen LogP contribution in [0.4, 0.5) is 4.39 Å². The van der Waals surface area contributed by atoms with Gasteiger partial charge in [-0.15, -0.1) is 0 Å². The lowest BCUT2D eigenvalue weighted by Gasteiger charge is -2.11. The summed E-state index contributed by atoms with van der Waals surface area (Å²) in [6.07, 6.45) is 0.452. The molecule has 7 heteroatoms. The largest absolute Gasteiger partial charge is 0.496 e. The molecular weight excluding hydrogens is 341 g/mol. The highest BCUT2D eigenvalue weighted by Crippen LogP contribution is 2.21. The number of nitrogens with one attached hydrogen (secondary N) is 1. The van der Waals surface area contributed by atoms with Crippen LogP contribution in [0.15, 0.2) is 36.4 Å². The van der Waals surface area contributed by atoms with E-state index in [1.165, 1.54) is 31.4 Å². The molecule has 0 aliphatic heterocycles. The minimum Gasteiger partial charge on any atom is -0.496 e. The average Bonchev–Trinajstić information content (AvgIpc) is 2.62. The molecule has 2 rings (SSSR count). The Hall–Kier alpha value is -3.09. The normalized spacial score (nSPS) is 10.3. The molecule has 0 radical (unpaired) electrons. The number of carbonyl (C=O) groups is 2. The zero-order valence-electron chi connectivity index (χ0n) is 14.5. The van der Waals surface area contributed by atoms with E-state index < -0.39 is 11.8 Å². The molecular formula is C19H20FNO5. The smallest absolute Gasteiger partial charge is 0.335 e. The number of hydrogen-bond acceptors (Lipinski definition) is 4. The van der Waals surface area contributed by atoms with Gasteiger partial charge in [0.25, 0.3) is 5.91 Å². The van der Waals surface area contributed by atoms with Crippen LogP contribution < -0.4 is 14.8 Å². The topological polar surface area (TPSA) is 84.9 Å². The van der Waals surface area contributed by atoms with E-state index in [4.69, 9.17) is 14.6 Å². The van der Waals surface area contributed by atoms with Gasteiger partial charge in [0.15, 0.2) is 18.2 Å². The molecule has 2 aromatic carbocycles. The molecule has 0 unspecified atom stereocenters. The third-order valence-corrected chi connectivity index (χ3v) is 3.70. The molecule has 0 heterocycles. The van der Waals surface area contributed by atoms with Gasteiger partial charge in [0.05, 0.1) is 12.7 Å². The van der Waals surface area contributed by atoms with E-state index in [2.05, 4.69) is 5.32 Å². The maximum absolute atomic E-state index is 13.6. The molecule has 6 nitrogen and oxygen atoms in total. The van der Waals surface area contributed by atoms with Crippen LogP contribution >= 0.6 is 0 Å². The number of rotatable bonds is 8. The highest BCUT2D eigenvalue weighted by atomic mass is 19.1. The molecule has 1 amide bonds. The molecule has 0 fully saturated rings. The molecule has 26 heavy (non-hydrogen) atoms. The zero-order valence-corrected chi connectivity index (χ0v) is 14.5. The molecule has 2 N–H and O–H groups in total. The van der Waals surface area contributed by atoms with Crippen LogP contribution in [0.25, 0.3) is 0 Å². The second kappa shape index (κ2) is 8.84. The monoisotopic (exact) mass is 361 g/mol. The number of methoxy groups -OCH3 is 1. The summed E-state index contributed by atoms with van der Waals surface area (Å²) in [5, 5.41) is 11.6. The van der Waals surface area contributed by atoms with Gasteiger partial charge in [-0.1, -0.05) is 12.1 Å². The minimum absolute atomic E-state index is 0.0334. The summed E-state index contributed by atoms with van der Waals surface area (Å²) in [4.78, 5) is 22.8. The number of carboxylic acids is 1. The van der Waals surface area contributed by atoms with E-state index in [1.54, 1.807) is 19.1 Å². The van der Waals surface area contributed by atoms with Crippen molar-refractivity contribution in [2.24, 2.45) is 0 Å². The van der Waals surface area contributed by atoms with Crippen molar-refractivity contribution in [3.63, 3.8) is 0 Å². The van der Waals surface area contributed by atoms with Crippen molar-refractivity contribution >= 4 is 11.9 Å². The van der Waals surface area contributed by atoms with E-state index >= 15 is 0 Å². The number of aryl methyl sites for hydroxylation is 1. The summed E-state index contributed by atoms with van der Waals surface area (Å²) in [6.45, 7) is 1.81. The maximum atomic E-state index is 13.6.